The number of ether oxygens (including phenoxy) is 2. The van der Waals surface area contributed by atoms with Crippen molar-refractivity contribution < 1.29 is 23.9 Å². The fraction of sp³-hybridized carbons (Fsp3) is 0.190. The van der Waals surface area contributed by atoms with Crippen LogP contribution in [0.15, 0.2) is 47.4 Å². The third-order valence-corrected chi connectivity index (χ3v) is 5.30. The highest BCUT2D eigenvalue weighted by Gasteiger charge is 2.36. The molecule has 0 unspecified atom stereocenters. The number of amides is 3. The molecule has 0 radical (unpaired) electrons. The Balaban J connectivity index is 1.65. The Bertz CT molecular complexity index is 1010. The molecule has 3 amide bonds. The molecule has 0 bridgehead atoms. The zero-order valence-corrected chi connectivity index (χ0v) is 17.9. The molecule has 1 aliphatic heterocycles. The quantitative estimate of drug-likeness (QED) is 0.633. The number of rotatable bonds is 7. The highest BCUT2D eigenvalue weighted by atomic mass is 35.5. The van der Waals surface area contributed by atoms with Crippen molar-refractivity contribution in [3.05, 3.63) is 58.0 Å². The summed E-state index contributed by atoms with van der Waals surface area (Å²) in [7, 11) is 1.49. The second kappa shape index (κ2) is 9.69. The number of imide groups is 1. The van der Waals surface area contributed by atoms with Crippen LogP contribution >= 0.6 is 23.4 Å². The summed E-state index contributed by atoms with van der Waals surface area (Å²) in [5, 5.41) is 2.45. The SMILES string of the molecule is CCOc1ccc(/C=C2/SC(=O)N(CC(=O)Nc3ccc(OC)c(Cl)c3)C2=O)cc1. The van der Waals surface area contributed by atoms with Gasteiger partial charge in [-0.2, -0.15) is 0 Å². The monoisotopic (exact) mass is 446 g/mol. The molecule has 7 nitrogen and oxygen atoms in total. The molecule has 156 valence electrons. The predicted octanol–water partition coefficient (Wildman–Crippen LogP) is 4.42. The second-order valence-electron chi connectivity index (χ2n) is 6.17. The van der Waals surface area contributed by atoms with Crippen LogP contribution in [0.4, 0.5) is 10.5 Å². The molecule has 1 saturated heterocycles. The van der Waals surface area contributed by atoms with Gasteiger partial charge in [-0.1, -0.05) is 23.7 Å². The lowest BCUT2D eigenvalue weighted by Gasteiger charge is -2.13. The van der Waals surface area contributed by atoms with Crippen LogP contribution in [-0.2, 0) is 9.59 Å². The third kappa shape index (κ3) is 5.14. The van der Waals surface area contributed by atoms with Gasteiger partial charge in [-0.05, 0) is 60.7 Å². The second-order valence-corrected chi connectivity index (χ2v) is 7.57. The Morgan fingerprint density at radius 3 is 2.57 bits per heavy atom. The summed E-state index contributed by atoms with van der Waals surface area (Å²) in [6.07, 6.45) is 1.61. The first-order chi connectivity index (χ1) is 14.4. The molecular formula is C21H19ClN2O5S. The normalized spacial score (nSPS) is 14.9. The van der Waals surface area contributed by atoms with Crippen molar-refractivity contribution in [2.45, 2.75) is 6.92 Å². The number of hydrogen-bond acceptors (Lipinski definition) is 6. The number of anilines is 1. The van der Waals surface area contributed by atoms with Gasteiger partial charge < -0.3 is 14.8 Å². The van der Waals surface area contributed by atoms with E-state index in [1.54, 1.807) is 42.5 Å². The van der Waals surface area contributed by atoms with Gasteiger partial charge in [-0.25, -0.2) is 0 Å². The first-order valence-electron chi connectivity index (χ1n) is 9.03. The van der Waals surface area contributed by atoms with Crippen molar-refractivity contribution >= 4 is 52.2 Å². The Morgan fingerprint density at radius 2 is 1.93 bits per heavy atom. The summed E-state index contributed by atoms with van der Waals surface area (Å²) in [5.41, 5.74) is 1.18. The number of methoxy groups -OCH3 is 1. The van der Waals surface area contributed by atoms with Gasteiger partial charge in [-0.15, -0.1) is 0 Å². The molecule has 1 fully saturated rings. The minimum atomic E-state index is -0.513. The van der Waals surface area contributed by atoms with Gasteiger partial charge in [0.15, 0.2) is 0 Å². The molecule has 3 rings (SSSR count). The Labute approximate surface area is 183 Å². The van der Waals surface area contributed by atoms with Crippen LogP contribution in [-0.4, -0.2) is 42.2 Å². The van der Waals surface area contributed by atoms with Crippen LogP contribution in [0.5, 0.6) is 11.5 Å². The number of thioether (sulfide) groups is 1. The van der Waals surface area contributed by atoms with Crippen molar-refractivity contribution in [3.8, 4) is 11.5 Å². The zero-order chi connectivity index (χ0) is 21.7. The van der Waals surface area contributed by atoms with Crippen LogP contribution in [0.3, 0.4) is 0 Å². The Morgan fingerprint density at radius 1 is 1.20 bits per heavy atom. The van der Waals surface area contributed by atoms with Crippen LogP contribution in [0, 0.1) is 0 Å². The van der Waals surface area contributed by atoms with Crippen LogP contribution in [0.1, 0.15) is 12.5 Å². The van der Waals surface area contributed by atoms with Crippen molar-refractivity contribution in [1.29, 1.82) is 0 Å². The molecule has 9 heteroatoms. The number of benzene rings is 2. The fourth-order valence-electron chi connectivity index (χ4n) is 2.70. The first-order valence-corrected chi connectivity index (χ1v) is 10.2. The van der Waals surface area contributed by atoms with Crippen LogP contribution in [0.2, 0.25) is 5.02 Å². The molecule has 1 heterocycles. The van der Waals surface area contributed by atoms with E-state index < -0.39 is 23.6 Å². The topological polar surface area (TPSA) is 84.9 Å². The Hall–Kier alpha value is -2.97. The summed E-state index contributed by atoms with van der Waals surface area (Å²) in [6.45, 7) is 2.06. The standard InChI is InChI=1S/C21H19ClN2O5S/c1-3-29-15-7-4-13(5-8-15)10-18-20(26)24(21(27)30-18)12-19(25)23-14-6-9-17(28-2)16(22)11-14/h4-11H,3,12H2,1-2H3,(H,23,25)/b18-10+. The van der Waals surface area contributed by atoms with E-state index in [4.69, 9.17) is 21.1 Å². The van der Waals surface area contributed by atoms with E-state index in [1.165, 1.54) is 13.2 Å². The maximum Gasteiger partial charge on any atom is 0.294 e. The summed E-state index contributed by atoms with van der Waals surface area (Å²) in [5.74, 6) is 0.167. The zero-order valence-electron chi connectivity index (χ0n) is 16.3. The molecule has 2 aromatic rings. The first kappa shape index (κ1) is 21.7. The van der Waals surface area contributed by atoms with E-state index in [-0.39, 0.29) is 4.91 Å². The number of carbonyl (C=O) groups is 3. The molecule has 0 saturated carbocycles. The average Bonchev–Trinajstić information content (AvgIpc) is 2.97. The predicted molar refractivity (Wildman–Crippen MR) is 117 cm³/mol. The van der Waals surface area contributed by atoms with Crippen LogP contribution < -0.4 is 14.8 Å². The minimum Gasteiger partial charge on any atom is -0.495 e. The number of nitrogens with zero attached hydrogens (tertiary/aromatic N) is 1. The highest BCUT2D eigenvalue weighted by molar-refractivity contribution is 8.18. The van der Waals surface area contributed by atoms with Gasteiger partial charge in [0.1, 0.15) is 18.0 Å². The smallest absolute Gasteiger partial charge is 0.294 e. The van der Waals surface area contributed by atoms with Crippen molar-refractivity contribution in [3.63, 3.8) is 0 Å². The lowest BCUT2D eigenvalue weighted by atomic mass is 10.2. The van der Waals surface area contributed by atoms with Gasteiger partial charge in [0.05, 0.1) is 23.6 Å². The third-order valence-electron chi connectivity index (χ3n) is 4.10. The molecule has 1 N–H and O–H groups in total. The maximum absolute atomic E-state index is 12.6. The average molecular weight is 447 g/mol. The fourth-order valence-corrected chi connectivity index (χ4v) is 3.80. The number of carbonyl (C=O) groups excluding carboxylic acids is 3. The summed E-state index contributed by atoms with van der Waals surface area (Å²) in [6, 6.07) is 11.9. The van der Waals surface area contributed by atoms with E-state index in [1.807, 2.05) is 6.92 Å². The van der Waals surface area contributed by atoms with E-state index >= 15 is 0 Å². The molecule has 0 aliphatic carbocycles. The van der Waals surface area contributed by atoms with Gasteiger partial charge in [-0.3, -0.25) is 19.3 Å². The van der Waals surface area contributed by atoms with Gasteiger partial charge in [0.25, 0.3) is 11.1 Å². The molecule has 0 atom stereocenters. The lowest BCUT2D eigenvalue weighted by molar-refractivity contribution is -0.127. The summed E-state index contributed by atoms with van der Waals surface area (Å²) < 4.78 is 10.4. The highest BCUT2D eigenvalue weighted by Crippen LogP contribution is 2.32. The lowest BCUT2D eigenvalue weighted by Crippen LogP contribution is -2.36. The van der Waals surface area contributed by atoms with E-state index in [0.29, 0.717) is 23.1 Å². The molecule has 0 aromatic heterocycles. The van der Waals surface area contributed by atoms with E-state index in [0.717, 1.165) is 28.0 Å². The Kier molecular flexibility index (Phi) is 7.02. The maximum atomic E-state index is 12.6. The van der Waals surface area contributed by atoms with E-state index in [2.05, 4.69) is 5.32 Å². The molecule has 2 aromatic carbocycles. The van der Waals surface area contributed by atoms with Crippen molar-refractivity contribution in [2.75, 3.05) is 25.6 Å². The van der Waals surface area contributed by atoms with Gasteiger partial charge >= 0.3 is 0 Å². The number of nitrogens with one attached hydrogen (secondary N) is 1. The molecule has 30 heavy (non-hydrogen) atoms. The van der Waals surface area contributed by atoms with Gasteiger partial charge in [0.2, 0.25) is 5.91 Å². The largest absolute Gasteiger partial charge is 0.495 e. The number of hydrogen-bond donors (Lipinski definition) is 1. The van der Waals surface area contributed by atoms with E-state index in [9.17, 15) is 14.4 Å². The van der Waals surface area contributed by atoms with Crippen LogP contribution in [0.25, 0.3) is 6.08 Å². The van der Waals surface area contributed by atoms with Crippen molar-refractivity contribution in [1.82, 2.24) is 4.90 Å². The van der Waals surface area contributed by atoms with Gasteiger partial charge in [0, 0.05) is 5.69 Å². The van der Waals surface area contributed by atoms with Crippen molar-refractivity contribution in [2.24, 2.45) is 0 Å². The summed E-state index contributed by atoms with van der Waals surface area (Å²) >= 11 is 6.84. The number of halogens is 1. The minimum absolute atomic E-state index is 0.254. The molecule has 0 spiro atoms. The molecular weight excluding hydrogens is 428 g/mol. The summed E-state index contributed by atoms with van der Waals surface area (Å²) in [4.78, 5) is 38.3. The molecule has 1 aliphatic rings.